The van der Waals surface area contributed by atoms with Gasteiger partial charge >= 0.3 is 0 Å². The standard InChI is InChI=1S/C16H26N2/c1-2-3-4-5-9-15(18-17)12-14-11-13-8-6-7-10-16(13)14/h6-8,10,14-15,18H,2-5,9,11-12,17H2,1H3. The van der Waals surface area contributed by atoms with Gasteiger partial charge in [-0.3, -0.25) is 11.3 Å². The average molecular weight is 246 g/mol. The van der Waals surface area contributed by atoms with Crippen LogP contribution in [0.4, 0.5) is 0 Å². The molecule has 1 aliphatic carbocycles. The van der Waals surface area contributed by atoms with Crippen molar-refractivity contribution in [1.82, 2.24) is 5.43 Å². The molecule has 0 spiro atoms. The van der Waals surface area contributed by atoms with E-state index >= 15 is 0 Å². The SMILES string of the molecule is CCCCCCC(CC1Cc2ccccc21)NN. The Morgan fingerprint density at radius 2 is 2.11 bits per heavy atom. The van der Waals surface area contributed by atoms with Crippen molar-refractivity contribution in [1.29, 1.82) is 0 Å². The van der Waals surface area contributed by atoms with E-state index in [-0.39, 0.29) is 0 Å². The van der Waals surface area contributed by atoms with Gasteiger partial charge in [-0.1, -0.05) is 56.9 Å². The molecule has 2 nitrogen and oxygen atoms in total. The molecule has 0 saturated carbocycles. The predicted octanol–water partition coefficient (Wildman–Crippen LogP) is 3.52. The maximum atomic E-state index is 5.68. The van der Waals surface area contributed by atoms with Crippen LogP contribution >= 0.6 is 0 Å². The molecule has 1 aromatic carbocycles. The molecule has 2 heteroatoms. The minimum absolute atomic E-state index is 0.486. The lowest BCUT2D eigenvalue weighted by Gasteiger charge is -2.33. The minimum atomic E-state index is 0.486. The highest BCUT2D eigenvalue weighted by molar-refractivity contribution is 5.39. The quantitative estimate of drug-likeness (QED) is 0.418. The Morgan fingerprint density at radius 1 is 1.28 bits per heavy atom. The van der Waals surface area contributed by atoms with Crippen molar-refractivity contribution in [2.75, 3.05) is 0 Å². The average Bonchev–Trinajstić information content (AvgIpc) is 2.38. The molecule has 0 heterocycles. The number of hydrogen-bond donors (Lipinski definition) is 2. The van der Waals surface area contributed by atoms with E-state index in [0.717, 1.165) is 5.92 Å². The zero-order valence-electron chi connectivity index (χ0n) is 11.5. The van der Waals surface area contributed by atoms with Gasteiger partial charge in [-0.2, -0.15) is 0 Å². The van der Waals surface area contributed by atoms with Crippen LogP contribution < -0.4 is 11.3 Å². The molecule has 1 aliphatic rings. The fourth-order valence-electron chi connectivity index (χ4n) is 3.00. The maximum absolute atomic E-state index is 5.68. The van der Waals surface area contributed by atoms with Gasteiger partial charge in [0.1, 0.15) is 0 Å². The number of benzene rings is 1. The molecule has 3 N–H and O–H groups in total. The summed E-state index contributed by atoms with van der Waals surface area (Å²) in [5.74, 6) is 6.41. The van der Waals surface area contributed by atoms with E-state index in [1.807, 2.05) is 0 Å². The number of hydrazine groups is 1. The van der Waals surface area contributed by atoms with E-state index < -0.39 is 0 Å². The first-order chi connectivity index (χ1) is 8.85. The van der Waals surface area contributed by atoms with Crippen molar-refractivity contribution < 1.29 is 0 Å². The van der Waals surface area contributed by atoms with E-state index in [1.165, 1.54) is 50.5 Å². The predicted molar refractivity (Wildman–Crippen MR) is 77.4 cm³/mol. The van der Waals surface area contributed by atoms with Gasteiger partial charge < -0.3 is 0 Å². The summed E-state index contributed by atoms with van der Waals surface area (Å²) in [4.78, 5) is 0. The molecule has 18 heavy (non-hydrogen) atoms. The molecule has 1 aromatic rings. The fourth-order valence-corrected chi connectivity index (χ4v) is 3.00. The summed E-state index contributed by atoms with van der Waals surface area (Å²) >= 11 is 0. The second-order valence-electron chi connectivity index (χ2n) is 5.55. The summed E-state index contributed by atoms with van der Waals surface area (Å²) in [5, 5.41) is 0. The normalized spacial score (nSPS) is 19.1. The topological polar surface area (TPSA) is 38.0 Å². The number of hydrogen-bond acceptors (Lipinski definition) is 2. The Bertz CT molecular complexity index is 362. The van der Waals surface area contributed by atoms with Gasteiger partial charge in [-0.25, -0.2) is 0 Å². The van der Waals surface area contributed by atoms with E-state index in [4.69, 9.17) is 5.84 Å². The van der Waals surface area contributed by atoms with Crippen LogP contribution in [0.1, 0.15) is 62.5 Å². The van der Waals surface area contributed by atoms with Gasteiger partial charge in [0.25, 0.3) is 0 Å². The lowest BCUT2D eigenvalue weighted by Crippen LogP contribution is -2.37. The van der Waals surface area contributed by atoms with Crippen molar-refractivity contribution in [2.24, 2.45) is 5.84 Å². The van der Waals surface area contributed by atoms with Crippen LogP contribution in [0.15, 0.2) is 24.3 Å². The summed E-state index contributed by atoms with van der Waals surface area (Å²) in [7, 11) is 0. The second-order valence-corrected chi connectivity index (χ2v) is 5.55. The highest BCUT2D eigenvalue weighted by Crippen LogP contribution is 2.38. The van der Waals surface area contributed by atoms with Gasteiger partial charge in [0.15, 0.2) is 0 Å². The molecule has 0 aliphatic heterocycles. The Labute approximate surface area is 111 Å². The third-order valence-electron chi connectivity index (χ3n) is 4.17. The molecular weight excluding hydrogens is 220 g/mol. The van der Waals surface area contributed by atoms with Crippen molar-refractivity contribution in [3.63, 3.8) is 0 Å². The number of fused-ring (bicyclic) bond motifs is 1. The van der Waals surface area contributed by atoms with E-state index in [9.17, 15) is 0 Å². The van der Waals surface area contributed by atoms with Crippen LogP contribution in [0.25, 0.3) is 0 Å². The number of nitrogens with two attached hydrogens (primary N) is 1. The van der Waals surface area contributed by atoms with Crippen molar-refractivity contribution >= 4 is 0 Å². The van der Waals surface area contributed by atoms with Crippen molar-refractivity contribution in [3.05, 3.63) is 35.4 Å². The van der Waals surface area contributed by atoms with Crippen LogP contribution in [0.2, 0.25) is 0 Å². The summed E-state index contributed by atoms with van der Waals surface area (Å²) < 4.78 is 0. The fraction of sp³-hybridized carbons (Fsp3) is 0.625. The first-order valence-corrected chi connectivity index (χ1v) is 7.39. The summed E-state index contributed by atoms with van der Waals surface area (Å²) in [6, 6.07) is 9.29. The first kappa shape index (κ1) is 13.6. The first-order valence-electron chi connectivity index (χ1n) is 7.39. The monoisotopic (exact) mass is 246 g/mol. The lowest BCUT2D eigenvalue weighted by molar-refractivity contribution is 0.391. The highest BCUT2D eigenvalue weighted by Gasteiger charge is 2.27. The number of unbranched alkanes of at least 4 members (excludes halogenated alkanes) is 3. The molecule has 0 amide bonds. The van der Waals surface area contributed by atoms with Gasteiger partial charge in [-0.05, 0) is 36.3 Å². The Morgan fingerprint density at radius 3 is 2.83 bits per heavy atom. The van der Waals surface area contributed by atoms with Crippen LogP contribution in [0, 0.1) is 0 Å². The molecule has 0 aromatic heterocycles. The smallest absolute Gasteiger partial charge is 0.0216 e. The van der Waals surface area contributed by atoms with E-state index in [0.29, 0.717) is 6.04 Å². The second kappa shape index (κ2) is 6.91. The summed E-state index contributed by atoms with van der Waals surface area (Å²) in [5.41, 5.74) is 6.09. The third-order valence-corrected chi connectivity index (χ3v) is 4.17. The molecule has 0 bridgehead atoms. The summed E-state index contributed by atoms with van der Waals surface area (Å²) in [6.07, 6.45) is 8.95. The molecule has 0 fully saturated rings. The van der Waals surface area contributed by atoms with Crippen LogP contribution in [0.5, 0.6) is 0 Å². The highest BCUT2D eigenvalue weighted by atomic mass is 15.2. The van der Waals surface area contributed by atoms with Crippen LogP contribution in [0.3, 0.4) is 0 Å². The van der Waals surface area contributed by atoms with E-state index in [1.54, 1.807) is 5.56 Å². The van der Waals surface area contributed by atoms with Gasteiger partial charge in [-0.15, -0.1) is 0 Å². The van der Waals surface area contributed by atoms with Crippen molar-refractivity contribution in [3.8, 4) is 0 Å². The minimum Gasteiger partial charge on any atom is -0.271 e. The number of rotatable bonds is 8. The van der Waals surface area contributed by atoms with Gasteiger partial charge in [0, 0.05) is 6.04 Å². The zero-order chi connectivity index (χ0) is 12.8. The largest absolute Gasteiger partial charge is 0.271 e. The lowest BCUT2D eigenvalue weighted by atomic mass is 9.74. The number of nitrogens with one attached hydrogen (secondary N) is 1. The molecule has 2 rings (SSSR count). The molecular formula is C16H26N2. The molecule has 0 radical (unpaired) electrons. The molecule has 100 valence electrons. The maximum Gasteiger partial charge on any atom is 0.0216 e. The Balaban J connectivity index is 1.75. The van der Waals surface area contributed by atoms with Gasteiger partial charge in [0.05, 0.1) is 0 Å². The molecule has 2 atom stereocenters. The van der Waals surface area contributed by atoms with Crippen LogP contribution in [-0.4, -0.2) is 6.04 Å². The Kier molecular flexibility index (Phi) is 5.21. The zero-order valence-corrected chi connectivity index (χ0v) is 11.5. The molecule has 0 saturated heterocycles. The van der Waals surface area contributed by atoms with E-state index in [2.05, 4.69) is 36.6 Å². The van der Waals surface area contributed by atoms with Crippen molar-refractivity contribution in [2.45, 2.75) is 63.8 Å². The Hall–Kier alpha value is -0.860. The molecule has 2 unspecified atom stereocenters. The van der Waals surface area contributed by atoms with Gasteiger partial charge in [0.2, 0.25) is 0 Å². The van der Waals surface area contributed by atoms with Crippen LogP contribution in [-0.2, 0) is 6.42 Å². The third kappa shape index (κ3) is 3.33. The summed E-state index contributed by atoms with van der Waals surface area (Å²) in [6.45, 7) is 2.25.